The van der Waals surface area contributed by atoms with Crippen molar-refractivity contribution in [2.75, 3.05) is 5.32 Å². The van der Waals surface area contributed by atoms with Gasteiger partial charge in [-0.1, -0.05) is 20.8 Å². The number of aromatic nitrogens is 4. The lowest BCUT2D eigenvalue weighted by molar-refractivity contribution is 0.359. The highest BCUT2D eigenvalue weighted by atomic mass is 79.9. The Morgan fingerprint density at radius 1 is 1.33 bits per heavy atom. The normalized spacial score (nSPS) is 13.9. The first kappa shape index (κ1) is 13.3. The molecule has 0 amide bonds. The molecule has 98 valence electrons. The van der Waals surface area contributed by atoms with Crippen LogP contribution in [-0.2, 0) is 7.05 Å². The van der Waals surface area contributed by atoms with E-state index in [0.29, 0.717) is 6.04 Å². The molecular weight excluding hydrogens is 294 g/mol. The molecule has 0 bridgehead atoms. The van der Waals surface area contributed by atoms with Crippen LogP contribution in [-0.4, -0.2) is 25.8 Å². The van der Waals surface area contributed by atoms with Gasteiger partial charge in [0.05, 0.1) is 5.39 Å². The lowest BCUT2D eigenvalue weighted by atomic mass is 9.88. The summed E-state index contributed by atoms with van der Waals surface area (Å²) in [6.45, 7) is 8.74. The molecule has 2 rings (SSSR count). The maximum atomic E-state index is 4.33. The van der Waals surface area contributed by atoms with E-state index in [2.05, 4.69) is 64.0 Å². The molecule has 0 aromatic carbocycles. The zero-order chi connectivity index (χ0) is 13.5. The third-order valence-electron chi connectivity index (χ3n) is 3.23. The molecule has 1 unspecified atom stereocenters. The predicted molar refractivity (Wildman–Crippen MR) is 76.5 cm³/mol. The van der Waals surface area contributed by atoms with Crippen molar-refractivity contribution in [3.63, 3.8) is 0 Å². The molecule has 1 atom stereocenters. The number of anilines is 1. The van der Waals surface area contributed by atoms with Crippen molar-refractivity contribution in [1.29, 1.82) is 0 Å². The highest BCUT2D eigenvalue weighted by Crippen LogP contribution is 2.29. The lowest BCUT2D eigenvalue weighted by Gasteiger charge is -2.28. The van der Waals surface area contributed by atoms with Crippen LogP contribution in [0.4, 0.5) is 5.82 Å². The molecule has 6 heteroatoms. The molecule has 0 fully saturated rings. The van der Waals surface area contributed by atoms with Crippen molar-refractivity contribution in [2.24, 2.45) is 12.5 Å². The van der Waals surface area contributed by atoms with Gasteiger partial charge in [-0.2, -0.15) is 5.10 Å². The van der Waals surface area contributed by atoms with Crippen LogP contribution in [0.1, 0.15) is 27.7 Å². The van der Waals surface area contributed by atoms with Crippen molar-refractivity contribution in [2.45, 2.75) is 33.7 Å². The number of nitrogens with zero attached hydrogens (tertiary/aromatic N) is 4. The van der Waals surface area contributed by atoms with Gasteiger partial charge in [-0.25, -0.2) is 14.6 Å². The quantitative estimate of drug-likeness (QED) is 0.926. The SMILES string of the molecule is CC(Nc1ncnc2c1c(Br)nn2C)C(C)(C)C. The van der Waals surface area contributed by atoms with Gasteiger partial charge in [0, 0.05) is 13.1 Å². The summed E-state index contributed by atoms with van der Waals surface area (Å²) in [4.78, 5) is 8.58. The number of aryl methyl sites for hydroxylation is 1. The topological polar surface area (TPSA) is 55.6 Å². The molecule has 2 heterocycles. The van der Waals surface area contributed by atoms with Crippen LogP contribution in [0.5, 0.6) is 0 Å². The summed E-state index contributed by atoms with van der Waals surface area (Å²) in [6.07, 6.45) is 1.56. The summed E-state index contributed by atoms with van der Waals surface area (Å²) < 4.78 is 2.51. The van der Waals surface area contributed by atoms with Crippen LogP contribution < -0.4 is 5.32 Å². The Bertz CT molecular complexity index is 570. The number of rotatable bonds is 2. The highest BCUT2D eigenvalue weighted by Gasteiger charge is 2.22. The fraction of sp³-hybridized carbons (Fsp3) is 0.583. The molecule has 0 aliphatic rings. The average Bonchev–Trinajstić information content (AvgIpc) is 2.54. The van der Waals surface area contributed by atoms with E-state index in [-0.39, 0.29) is 5.41 Å². The number of halogens is 1. The summed E-state index contributed by atoms with van der Waals surface area (Å²) in [5.74, 6) is 0.822. The first-order chi connectivity index (χ1) is 8.30. The van der Waals surface area contributed by atoms with E-state index in [4.69, 9.17) is 0 Å². The van der Waals surface area contributed by atoms with Gasteiger partial charge in [0.15, 0.2) is 5.65 Å². The van der Waals surface area contributed by atoms with Crippen LogP contribution in [0.25, 0.3) is 11.0 Å². The largest absolute Gasteiger partial charge is 0.366 e. The first-order valence-corrected chi connectivity index (χ1v) is 6.69. The van der Waals surface area contributed by atoms with Gasteiger partial charge in [-0.05, 0) is 28.3 Å². The molecule has 5 nitrogen and oxygen atoms in total. The molecule has 2 aromatic heterocycles. The second-order valence-corrected chi connectivity index (χ2v) is 6.32. The van der Waals surface area contributed by atoms with E-state index in [1.54, 1.807) is 11.0 Å². The summed E-state index contributed by atoms with van der Waals surface area (Å²) in [7, 11) is 1.87. The van der Waals surface area contributed by atoms with Gasteiger partial charge in [0.2, 0.25) is 0 Å². The van der Waals surface area contributed by atoms with Gasteiger partial charge in [0.1, 0.15) is 16.7 Å². The van der Waals surface area contributed by atoms with Gasteiger partial charge in [0.25, 0.3) is 0 Å². The summed E-state index contributed by atoms with van der Waals surface area (Å²) in [5, 5.41) is 8.68. The molecule has 0 saturated heterocycles. The fourth-order valence-corrected chi connectivity index (χ4v) is 2.17. The van der Waals surface area contributed by atoms with Crippen molar-refractivity contribution in [3.8, 4) is 0 Å². The van der Waals surface area contributed by atoms with Gasteiger partial charge >= 0.3 is 0 Å². The molecule has 0 radical (unpaired) electrons. The minimum atomic E-state index is 0.159. The van der Waals surface area contributed by atoms with E-state index in [1.807, 2.05) is 7.05 Å². The van der Waals surface area contributed by atoms with Crippen LogP contribution in [0.2, 0.25) is 0 Å². The van der Waals surface area contributed by atoms with Crippen molar-refractivity contribution < 1.29 is 0 Å². The Morgan fingerprint density at radius 2 is 2.00 bits per heavy atom. The van der Waals surface area contributed by atoms with E-state index >= 15 is 0 Å². The lowest BCUT2D eigenvalue weighted by Crippen LogP contribution is -2.31. The van der Waals surface area contributed by atoms with Crippen LogP contribution in [0.15, 0.2) is 10.9 Å². The van der Waals surface area contributed by atoms with E-state index in [1.165, 1.54) is 0 Å². The van der Waals surface area contributed by atoms with Crippen molar-refractivity contribution in [3.05, 3.63) is 10.9 Å². The molecular formula is C12H18BrN5. The molecule has 0 saturated carbocycles. The van der Waals surface area contributed by atoms with E-state index in [9.17, 15) is 0 Å². The van der Waals surface area contributed by atoms with E-state index in [0.717, 1.165) is 21.5 Å². The Labute approximate surface area is 115 Å². The van der Waals surface area contributed by atoms with Gasteiger partial charge in [-0.15, -0.1) is 0 Å². The first-order valence-electron chi connectivity index (χ1n) is 5.90. The highest BCUT2D eigenvalue weighted by molar-refractivity contribution is 9.10. The Kier molecular flexibility index (Phi) is 3.31. The van der Waals surface area contributed by atoms with Crippen LogP contribution in [0, 0.1) is 5.41 Å². The third-order valence-corrected chi connectivity index (χ3v) is 3.79. The molecule has 2 aromatic rings. The Balaban J connectivity index is 2.46. The minimum absolute atomic E-state index is 0.159. The van der Waals surface area contributed by atoms with Crippen LogP contribution >= 0.6 is 15.9 Å². The zero-order valence-corrected chi connectivity index (χ0v) is 12.9. The summed E-state index contributed by atoms with van der Waals surface area (Å²) in [6, 6.07) is 0.294. The second kappa shape index (κ2) is 4.50. The zero-order valence-electron chi connectivity index (χ0n) is 11.3. The number of hydrogen-bond acceptors (Lipinski definition) is 4. The molecule has 1 N–H and O–H groups in total. The molecule has 0 aliphatic heterocycles. The minimum Gasteiger partial charge on any atom is -0.366 e. The van der Waals surface area contributed by atoms with Crippen molar-refractivity contribution in [1.82, 2.24) is 19.7 Å². The number of hydrogen-bond donors (Lipinski definition) is 1. The van der Waals surface area contributed by atoms with E-state index < -0.39 is 0 Å². The Morgan fingerprint density at radius 3 is 2.61 bits per heavy atom. The second-order valence-electron chi connectivity index (χ2n) is 5.57. The number of fused-ring (bicyclic) bond motifs is 1. The third kappa shape index (κ3) is 2.34. The molecule has 0 aliphatic carbocycles. The maximum absolute atomic E-state index is 4.33. The van der Waals surface area contributed by atoms with Crippen LogP contribution in [0.3, 0.4) is 0 Å². The predicted octanol–water partition coefficient (Wildman–Crippen LogP) is 2.97. The molecule has 18 heavy (non-hydrogen) atoms. The summed E-state index contributed by atoms with van der Waals surface area (Å²) in [5.41, 5.74) is 0.979. The van der Waals surface area contributed by atoms with Crippen molar-refractivity contribution >= 4 is 32.8 Å². The smallest absolute Gasteiger partial charge is 0.164 e. The summed E-state index contributed by atoms with van der Waals surface area (Å²) >= 11 is 3.46. The number of nitrogens with one attached hydrogen (secondary N) is 1. The van der Waals surface area contributed by atoms with Gasteiger partial charge < -0.3 is 5.32 Å². The van der Waals surface area contributed by atoms with Gasteiger partial charge in [-0.3, -0.25) is 0 Å². The average molecular weight is 312 g/mol. The maximum Gasteiger partial charge on any atom is 0.164 e. The molecule has 0 spiro atoms. The monoisotopic (exact) mass is 311 g/mol. The fourth-order valence-electron chi connectivity index (χ4n) is 1.57. The standard InChI is InChI=1S/C12H18BrN5/c1-7(12(2,3)4)16-10-8-9(13)17-18(5)11(8)15-6-14-10/h6-7H,1-5H3,(H,14,15,16). The Hall–Kier alpha value is -1.17.